The molecule has 0 bridgehead atoms. The normalized spacial score (nSPS) is 14.5. The average Bonchev–Trinajstić information content (AvgIpc) is 3.08. The van der Waals surface area contributed by atoms with E-state index in [4.69, 9.17) is 27.7 Å². The van der Waals surface area contributed by atoms with Crippen molar-refractivity contribution < 1.29 is 4.52 Å². The fourth-order valence-electron chi connectivity index (χ4n) is 2.63. The molecule has 3 aromatic rings. The zero-order valence-electron chi connectivity index (χ0n) is 12.8. The molecule has 1 aromatic carbocycles. The number of thiophene rings is 1. The van der Waals surface area contributed by atoms with Gasteiger partial charge in [0.1, 0.15) is 0 Å². The minimum Gasteiger partial charge on any atom is -0.334 e. The van der Waals surface area contributed by atoms with Crippen LogP contribution in [0.1, 0.15) is 24.2 Å². The molecule has 1 saturated carbocycles. The highest BCUT2D eigenvalue weighted by Gasteiger charge is 2.30. The van der Waals surface area contributed by atoms with Gasteiger partial charge in [-0.2, -0.15) is 16.3 Å². The standard InChI is InChI=1S/C17H15Cl2N3OS/c18-14-4-1-11(7-15(14)19)8-22(13-2-3-13)9-16-20-17(23-21-16)12-5-6-24-10-12/h1,4-7,10,13H,2-3,8-9H2. The van der Waals surface area contributed by atoms with Crippen LogP contribution in [0.4, 0.5) is 0 Å². The van der Waals surface area contributed by atoms with Crippen molar-refractivity contribution in [3.8, 4) is 11.5 Å². The maximum Gasteiger partial charge on any atom is 0.258 e. The third-order valence-corrected chi connectivity index (χ3v) is 5.44. The van der Waals surface area contributed by atoms with Crippen molar-refractivity contribution in [3.63, 3.8) is 0 Å². The van der Waals surface area contributed by atoms with Gasteiger partial charge in [-0.3, -0.25) is 4.90 Å². The van der Waals surface area contributed by atoms with Gasteiger partial charge < -0.3 is 4.52 Å². The summed E-state index contributed by atoms with van der Waals surface area (Å²) in [5, 5.41) is 9.30. The number of hydrogen-bond donors (Lipinski definition) is 0. The van der Waals surface area contributed by atoms with Gasteiger partial charge in [-0.05, 0) is 42.0 Å². The first-order valence-electron chi connectivity index (χ1n) is 7.72. The minimum absolute atomic E-state index is 0.572. The molecule has 0 aliphatic heterocycles. The van der Waals surface area contributed by atoms with Crippen molar-refractivity contribution in [1.82, 2.24) is 15.0 Å². The molecule has 24 heavy (non-hydrogen) atoms. The number of nitrogens with zero attached hydrogens (tertiary/aromatic N) is 3. The van der Waals surface area contributed by atoms with Crippen LogP contribution in [0.2, 0.25) is 10.0 Å². The van der Waals surface area contributed by atoms with Gasteiger partial charge >= 0.3 is 0 Å². The molecule has 4 nitrogen and oxygen atoms in total. The second-order valence-electron chi connectivity index (χ2n) is 5.91. The molecule has 0 saturated heterocycles. The Morgan fingerprint density at radius 1 is 1.17 bits per heavy atom. The van der Waals surface area contributed by atoms with Crippen molar-refractivity contribution in [3.05, 3.63) is 56.5 Å². The number of aromatic nitrogens is 2. The van der Waals surface area contributed by atoms with Gasteiger partial charge in [-0.1, -0.05) is 34.4 Å². The molecule has 7 heteroatoms. The molecule has 124 valence electrons. The summed E-state index contributed by atoms with van der Waals surface area (Å²) in [6, 6.07) is 8.33. The molecular weight excluding hydrogens is 365 g/mol. The Morgan fingerprint density at radius 3 is 2.75 bits per heavy atom. The van der Waals surface area contributed by atoms with Crippen LogP contribution in [0.15, 0.2) is 39.5 Å². The van der Waals surface area contributed by atoms with E-state index in [9.17, 15) is 0 Å². The van der Waals surface area contributed by atoms with E-state index in [1.807, 2.05) is 35.0 Å². The van der Waals surface area contributed by atoms with Crippen LogP contribution in [0.25, 0.3) is 11.5 Å². The van der Waals surface area contributed by atoms with Crippen molar-refractivity contribution in [2.75, 3.05) is 0 Å². The largest absolute Gasteiger partial charge is 0.334 e. The van der Waals surface area contributed by atoms with Gasteiger partial charge in [0.2, 0.25) is 0 Å². The fourth-order valence-corrected chi connectivity index (χ4v) is 3.58. The van der Waals surface area contributed by atoms with Crippen LogP contribution in [0.3, 0.4) is 0 Å². The van der Waals surface area contributed by atoms with E-state index in [2.05, 4.69) is 15.0 Å². The zero-order chi connectivity index (χ0) is 16.5. The van der Waals surface area contributed by atoms with E-state index < -0.39 is 0 Å². The lowest BCUT2D eigenvalue weighted by atomic mass is 10.2. The van der Waals surface area contributed by atoms with Crippen molar-refractivity contribution in [2.24, 2.45) is 0 Å². The average molecular weight is 380 g/mol. The minimum atomic E-state index is 0.572. The SMILES string of the molecule is Clc1ccc(CN(Cc2noc(-c3ccsc3)n2)C2CC2)cc1Cl. The molecule has 4 rings (SSSR count). The monoisotopic (exact) mass is 379 g/mol. The van der Waals surface area contributed by atoms with E-state index in [0.29, 0.717) is 34.3 Å². The first-order valence-corrected chi connectivity index (χ1v) is 9.42. The van der Waals surface area contributed by atoms with Crippen LogP contribution in [0.5, 0.6) is 0 Å². The van der Waals surface area contributed by atoms with Gasteiger partial charge in [0.05, 0.1) is 22.2 Å². The van der Waals surface area contributed by atoms with Gasteiger partial charge in [0.15, 0.2) is 5.82 Å². The highest BCUT2D eigenvalue weighted by molar-refractivity contribution is 7.08. The Hall–Kier alpha value is -1.40. The molecule has 2 heterocycles. The third kappa shape index (κ3) is 3.64. The molecule has 0 amide bonds. The molecule has 1 aliphatic carbocycles. The molecule has 0 radical (unpaired) electrons. The topological polar surface area (TPSA) is 42.2 Å². The molecule has 0 atom stereocenters. The van der Waals surface area contributed by atoms with Crippen molar-refractivity contribution in [1.29, 1.82) is 0 Å². The molecule has 1 fully saturated rings. The maximum absolute atomic E-state index is 6.12. The lowest BCUT2D eigenvalue weighted by Gasteiger charge is -2.20. The number of rotatable bonds is 6. The highest BCUT2D eigenvalue weighted by Crippen LogP contribution is 2.31. The molecule has 0 spiro atoms. The fraction of sp³-hybridized carbons (Fsp3) is 0.294. The smallest absolute Gasteiger partial charge is 0.258 e. The summed E-state index contributed by atoms with van der Waals surface area (Å²) in [6.07, 6.45) is 2.41. The summed E-state index contributed by atoms with van der Waals surface area (Å²) in [4.78, 5) is 6.88. The van der Waals surface area contributed by atoms with E-state index in [0.717, 1.165) is 17.7 Å². The quantitative estimate of drug-likeness (QED) is 0.584. The number of halogens is 2. The molecule has 0 N–H and O–H groups in total. The lowest BCUT2D eigenvalue weighted by Crippen LogP contribution is -2.25. The summed E-state index contributed by atoms with van der Waals surface area (Å²) in [5.41, 5.74) is 2.11. The summed E-state index contributed by atoms with van der Waals surface area (Å²) >= 11 is 13.7. The van der Waals surface area contributed by atoms with Crippen molar-refractivity contribution in [2.45, 2.75) is 32.0 Å². The van der Waals surface area contributed by atoms with Crippen LogP contribution in [0, 0.1) is 0 Å². The Morgan fingerprint density at radius 2 is 2.04 bits per heavy atom. The molecular formula is C17H15Cl2N3OS. The van der Waals surface area contributed by atoms with Gasteiger partial charge in [-0.15, -0.1) is 0 Å². The third-order valence-electron chi connectivity index (χ3n) is 4.01. The highest BCUT2D eigenvalue weighted by atomic mass is 35.5. The Bertz CT molecular complexity index is 830. The van der Waals surface area contributed by atoms with Gasteiger partial charge in [0.25, 0.3) is 5.89 Å². The lowest BCUT2D eigenvalue weighted by molar-refractivity contribution is 0.235. The summed E-state index contributed by atoms with van der Waals surface area (Å²) in [5.74, 6) is 1.29. The van der Waals surface area contributed by atoms with Gasteiger partial charge in [-0.25, -0.2) is 0 Å². The molecule has 1 aliphatic rings. The van der Waals surface area contributed by atoms with Crippen LogP contribution in [-0.2, 0) is 13.1 Å². The zero-order valence-corrected chi connectivity index (χ0v) is 15.1. The second-order valence-corrected chi connectivity index (χ2v) is 7.51. The van der Waals surface area contributed by atoms with E-state index in [1.54, 1.807) is 11.3 Å². The first kappa shape index (κ1) is 16.1. The molecule has 2 aromatic heterocycles. The summed E-state index contributed by atoms with van der Waals surface area (Å²) < 4.78 is 5.38. The summed E-state index contributed by atoms with van der Waals surface area (Å²) in [7, 11) is 0. The Balaban J connectivity index is 1.49. The van der Waals surface area contributed by atoms with Crippen molar-refractivity contribution >= 4 is 34.5 Å². The predicted octanol–water partition coefficient (Wildman–Crippen LogP) is 5.27. The van der Waals surface area contributed by atoms with E-state index in [1.165, 1.54) is 12.8 Å². The maximum atomic E-state index is 6.12. The first-order chi connectivity index (χ1) is 11.7. The van der Waals surface area contributed by atoms with Crippen LogP contribution >= 0.6 is 34.5 Å². The van der Waals surface area contributed by atoms with E-state index in [-0.39, 0.29) is 0 Å². The van der Waals surface area contributed by atoms with Crippen LogP contribution in [-0.4, -0.2) is 21.1 Å². The molecule has 0 unspecified atom stereocenters. The second kappa shape index (κ2) is 6.84. The summed E-state index contributed by atoms with van der Waals surface area (Å²) in [6.45, 7) is 1.46. The Kier molecular flexibility index (Phi) is 4.59. The number of hydrogen-bond acceptors (Lipinski definition) is 5. The number of benzene rings is 1. The van der Waals surface area contributed by atoms with Crippen LogP contribution < -0.4 is 0 Å². The van der Waals surface area contributed by atoms with E-state index >= 15 is 0 Å². The Labute approximate surface area is 154 Å². The predicted molar refractivity (Wildman–Crippen MR) is 96.3 cm³/mol. The van der Waals surface area contributed by atoms with Gasteiger partial charge in [0, 0.05) is 18.0 Å².